The molecule has 1 amide bonds. The number of nitrogens with one attached hydrogen (secondary N) is 1. The Morgan fingerprint density at radius 1 is 1.50 bits per heavy atom. The molecule has 0 saturated heterocycles. The number of benzene rings is 1. The average molecular weight is 294 g/mol. The summed E-state index contributed by atoms with van der Waals surface area (Å²) in [6.45, 7) is 1.88. The van der Waals surface area contributed by atoms with Crippen molar-refractivity contribution in [2.75, 3.05) is 6.61 Å². The van der Waals surface area contributed by atoms with Gasteiger partial charge in [-0.05, 0) is 25.5 Å². The molecule has 0 spiro atoms. The maximum atomic E-state index is 12.0. The van der Waals surface area contributed by atoms with E-state index in [9.17, 15) is 4.79 Å². The molecule has 106 valence electrons. The van der Waals surface area contributed by atoms with Gasteiger partial charge in [-0.2, -0.15) is 5.10 Å². The van der Waals surface area contributed by atoms with Crippen molar-refractivity contribution >= 4 is 17.5 Å². The van der Waals surface area contributed by atoms with Crippen LogP contribution in [0.4, 0.5) is 0 Å². The van der Waals surface area contributed by atoms with Crippen LogP contribution in [0.5, 0.6) is 0 Å². The van der Waals surface area contributed by atoms with Gasteiger partial charge in [0.2, 0.25) is 0 Å². The zero-order valence-corrected chi connectivity index (χ0v) is 11.8. The van der Waals surface area contributed by atoms with Crippen molar-refractivity contribution in [3.8, 4) is 5.69 Å². The zero-order chi connectivity index (χ0) is 14.5. The van der Waals surface area contributed by atoms with Crippen molar-refractivity contribution < 1.29 is 9.90 Å². The van der Waals surface area contributed by atoms with Gasteiger partial charge in [0, 0.05) is 18.8 Å². The van der Waals surface area contributed by atoms with Crippen molar-refractivity contribution in [3.05, 3.63) is 47.2 Å². The van der Waals surface area contributed by atoms with E-state index in [4.69, 9.17) is 16.7 Å². The Labute approximate surface area is 122 Å². The van der Waals surface area contributed by atoms with E-state index in [0.717, 1.165) is 5.69 Å². The molecule has 0 aliphatic heterocycles. The lowest BCUT2D eigenvalue weighted by Crippen LogP contribution is -2.32. The van der Waals surface area contributed by atoms with E-state index in [1.54, 1.807) is 16.9 Å². The molecule has 0 aliphatic rings. The highest BCUT2D eigenvalue weighted by atomic mass is 35.5. The first-order valence-corrected chi connectivity index (χ1v) is 6.71. The molecule has 2 aromatic rings. The van der Waals surface area contributed by atoms with Crippen LogP contribution in [0.15, 0.2) is 36.7 Å². The van der Waals surface area contributed by atoms with Crippen LogP contribution in [0, 0.1) is 0 Å². The van der Waals surface area contributed by atoms with Crippen LogP contribution in [0.3, 0.4) is 0 Å². The van der Waals surface area contributed by atoms with E-state index >= 15 is 0 Å². The number of nitrogens with zero attached hydrogens (tertiary/aromatic N) is 2. The fraction of sp³-hybridized carbons (Fsp3) is 0.286. The number of aliphatic hydroxyl groups excluding tert-OH is 1. The number of para-hydroxylation sites is 1. The van der Waals surface area contributed by atoms with E-state index in [-0.39, 0.29) is 18.6 Å². The van der Waals surface area contributed by atoms with Gasteiger partial charge >= 0.3 is 0 Å². The summed E-state index contributed by atoms with van der Waals surface area (Å²) >= 11 is 6.08. The first-order valence-electron chi connectivity index (χ1n) is 6.33. The van der Waals surface area contributed by atoms with Crippen molar-refractivity contribution in [1.82, 2.24) is 15.1 Å². The van der Waals surface area contributed by atoms with Crippen LogP contribution < -0.4 is 5.32 Å². The molecule has 0 saturated carbocycles. The first kappa shape index (κ1) is 14.6. The number of rotatable bonds is 5. The van der Waals surface area contributed by atoms with Crippen LogP contribution in [-0.2, 0) is 0 Å². The number of hydrogen-bond donors (Lipinski definition) is 2. The molecule has 20 heavy (non-hydrogen) atoms. The lowest BCUT2D eigenvalue weighted by atomic mass is 10.2. The molecule has 1 aromatic heterocycles. The third-order valence-electron chi connectivity index (χ3n) is 2.88. The van der Waals surface area contributed by atoms with Gasteiger partial charge in [0.15, 0.2) is 0 Å². The standard InChI is InChI=1S/C14H16ClN3O2/c1-10(6-7-19)17-14(20)11-8-16-18(9-11)13-5-3-2-4-12(13)15/h2-5,8-10,19H,6-7H2,1H3,(H,17,20). The molecule has 0 bridgehead atoms. The highest BCUT2D eigenvalue weighted by molar-refractivity contribution is 6.32. The zero-order valence-electron chi connectivity index (χ0n) is 11.1. The van der Waals surface area contributed by atoms with Gasteiger partial charge in [0.05, 0.1) is 22.5 Å². The molecule has 2 rings (SSSR count). The Balaban J connectivity index is 2.13. The smallest absolute Gasteiger partial charge is 0.254 e. The maximum Gasteiger partial charge on any atom is 0.254 e. The van der Waals surface area contributed by atoms with Gasteiger partial charge in [0.25, 0.3) is 5.91 Å². The molecule has 0 aliphatic carbocycles. The highest BCUT2D eigenvalue weighted by Gasteiger charge is 2.12. The van der Waals surface area contributed by atoms with E-state index in [1.807, 2.05) is 25.1 Å². The molecular weight excluding hydrogens is 278 g/mol. The number of aliphatic hydroxyl groups is 1. The first-order chi connectivity index (χ1) is 9.61. The van der Waals surface area contributed by atoms with E-state index < -0.39 is 0 Å². The van der Waals surface area contributed by atoms with Gasteiger partial charge in [0.1, 0.15) is 0 Å². The van der Waals surface area contributed by atoms with Crippen LogP contribution >= 0.6 is 11.6 Å². The predicted octanol–water partition coefficient (Wildman–Crippen LogP) is 2.03. The number of hydrogen-bond acceptors (Lipinski definition) is 3. The average Bonchev–Trinajstić information content (AvgIpc) is 2.89. The van der Waals surface area contributed by atoms with Crippen molar-refractivity contribution in [2.45, 2.75) is 19.4 Å². The van der Waals surface area contributed by atoms with Crippen LogP contribution in [-0.4, -0.2) is 33.4 Å². The van der Waals surface area contributed by atoms with E-state index in [0.29, 0.717) is 17.0 Å². The lowest BCUT2D eigenvalue weighted by molar-refractivity contribution is 0.0934. The summed E-state index contributed by atoms with van der Waals surface area (Å²) in [6, 6.07) is 7.19. The second-order valence-corrected chi connectivity index (χ2v) is 4.92. The number of aromatic nitrogens is 2. The Kier molecular flexibility index (Phi) is 4.76. The summed E-state index contributed by atoms with van der Waals surface area (Å²) in [7, 11) is 0. The Morgan fingerprint density at radius 2 is 2.25 bits per heavy atom. The number of amides is 1. The van der Waals surface area contributed by atoms with Crippen molar-refractivity contribution in [3.63, 3.8) is 0 Å². The molecular formula is C14H16ClN3O2. The minimum atomic E-state index is -0.218. The van der Waals surface area contributed by atoms with Gasteiger partial charge in [-0.1, -0.05) is 23.7 Å². The minimum absolute atomic E-state index is 0.0420. The summed E-state index contributed by atoms with van der Waals surface area (Å²) < 4.78 is 1.56. The summed E-state index contributed by atoms with van der Waals surface area (Å²) in [4.78, 5) is 12.0. The van der Waals surface area contributed by atoms with Gasteiger partial charge in [-0.15, -0.1) is 0 Å². The largest absolute Gasteiger partial charge is 0.396 e. The summed E-state index contributed by atoms with van der Waals surface area (Å²) in [5.74, 6) is -0.218. The Bertz CT molecular complexity index is 598. The van der Waals surface area contributed by atoms with E-state index in [2.05, 4.69) is 10.4 Å². The molecule has 5 nitrogen and oxygen atoms in total. The molecule has 1 aromatic carbocycles. The maximum absolute atomic E-state index is 12.0. The summed E-state index contributed by atoms with van der Waals surface area (Å²) in [6.07, 6.45) is 3.64. The Morgan fingerprint density at radius 3 is 2.95 bits per heavy atom. The molecule has 2 N–H and O–H groups in total. The molecule has 1 unspecified atom stereocenters. The summed E-state index contributed by atoms with van der Waals surface area (Å²) in [5.41, 5.74) is 1.17. The van der Waals surface area contributed by atoms with Crippen LogP contribution in [0.1, 0.15) is 23.7 Å². The fourth-order valence-corrected chi connectivity index (χ4v) is 2.00. The van der Waals surface area contributed by atoms with Gasteiger partial charge in [-0.25, -0.2) is 4.68 Å². The third-order valence-corrected chi connectivity index (χ3v) is 3.20. The van der Waals surface area contributed by atoms with Crippen molar-refractivity contribution in [2.24, 2.45) is 0 Å². The number of carbonyl (C=O) groups excluding carboxylic acids is 1. The Hall–Kier alpha value is -1.85. The summed E-state index contributed by atoms with van der Waals surface area (Å²) in [5, 5.41) is 16.3. The highest BCUT2D eigenvalue weighted by Crippen LogP contribution is 2.19. The topological polar surface area (TPSA) is 67.2 Å². The number of carbonyl (C=O) groups is 1. The quantitative estimate of drug-likeness (QED) is 0.886. The number of halogens is 1. The van der Waals surface area contributed by atoms with Crippen molar-refractivity contribution in [1.29, 1.82) is 0 Å². The fourth-order valence-electron chi connectivity index (χ4n) is 1.78. The molecule has 0 radical (unpaired) electrons. The minimum Gasteiger partial charge on any atom is -0.396 e. The molecule has 0 fully saturated rings. The van der Waals surface area contributed by atoms with Gasteiger partial charge < -0.3 is 10.4 Å². The predicted molar refractivity (Wildman–Crippen MR) is 77.2 cm³/mol. The SMILES string of the molecule is CC(CCO)NC(=O)c1cnn(-c2ccccc2Cl)c1. The van der Waals surface area contributed by atoms with Gasteiger partial charge in [-0.3, -0.25) is 4.79 Å². The molecule has 1 atom stereocenters. The lowest BCUT2D eigenvalue weighted by Gasteiger charge is -2.10. The molecule has 1 heterocycles. The molecule has 6 heteroatoms. The monoisotopic (exact) mass is 293 g/mol. The van der Waals surface area contributed by atoms with Crippen LogP contribution in [0.25, 0.3) is 5.69 Å². The second-order valence-electron chi connectivity index (χ2n) is 4.51. The second kappa shape index (κ2) is 6.54. The normalized spacial score (nSPS) is 12.2. The van der Waals surface area contributed by atoms with E-state index in [1.165, 1.54) is 6.20 Å². The third kappa shape index (κ3) is 3.37. The van der Waals surface area contributed by atoms with Crippen LogP contribution in [0.2, 0.25) is 5.02 Å².